The number of nitrogens with one attached hydrogen (secondary N) is 1. The number of fused-ring (bicyclic) bond motifs is 2. The topological polar surface area (TPSA) is 74.0 Å². The molecule has 0 bridgehead atoms. The summed E-state index contributed by atoms with van der Waals surface area (Å²) in [6.07, 6.45) is 1.45. The van der Waals surface area contributed by atoms with E-state index < -0.39 is 0 Å². The zero-order valence-electron chi connectivity index (χ0n) is 16.3. The number of hydrogen-bond donors (Lipinski definition) is 2. The van der Waals surface area contributed by atoms with Crippen LogP contribution in [0.2, 0.25) is 0 Å². The molecule has 0 amide bonds. The van der Waals surface area contributed by atoms with Gasteiger partial charge in [-0.05, 0) is 23.8 Å². The van der Waals surface area contributed by atoms with Crippen molar-refractivity contribution in [3.63, 3.8) is 0 Å². The minimum atomic E-state index is 0.0454. The quantitative estimate of drug-likeness (QED) is 0.467. The van der Waals surface area contributed by atoms with Crippen LogP contribution >= 0.6 is 0 Å². The fourth-order valence-electron chi connectivity index (χ4n) is 4.18. The Hall–Kier alpha value is -2.93. The van der Waals surface area contributed by atoms with Crippen molar-refractivity contribution in [3.05, 3.63) is 47.0 Å². The van der Waals surface area contributed by atoms with E-state index in [9.17, 15) is 5.21 Å². The first-order chi connectivity index (χ1) is 13.7. The molecule has 4 rings (SSSR count). The van der Waals surface area contributed by atoms with Crippen molar-refractivity contribution in [2.45, 2.75) is 18.9 Å². The van der Waals surface area contributed by atoms with Gasteiger partial charge in [0.25, 0.3) is 0 Å². The van der Waals surface area contributed by atoms with Gasteiger partial charge in [0.05, 0.1) is 45.5 Å². The van der Waals surface area contributed by atoms with E-state index in [1.807, 2.05) is 24.3 Å². The maximum atomic E-state index is 9.79. The van der Waals surface area contributed by atoms with Gasteiger partial charge in [-0.1, -0.05) is 17.3 Å². The summed E-state index contributed by atoms with van der Waals surface area (Å²) in [5.41, 5.74) is 3.64. The highest BCUT2D eigenvalue weighted by Crippen LogP contribution is 2.48. The van der Waals surface area contributed by atoms with Crippen molar-refractivity contribution in [1.82, 2.24) is 0 Å². The summed E-state index contributed by atoms with van der Waals surface area (Å²) in [7, 11) is 5.42. The van der Waals surface area contributed by atoms with Gasteiger partial charge in [-0.3, -0.25) is 0 Å². The maximum Gasteiger partial charge on any atom is 0.231 e. The molecule has 0 saturated carbocycles. The van der Waals surface area contributed by atoms with Crippen molar-refractivity contribution in [1.29, 1.82) is 0 Å². The van der Waals surface area contributed by atoms with Gasteiger partial charge in [0.2, 0.25) is 12.5 Å². The molecule has 0 aromatic heterocycles. The van der Waals surface area contributed by atoms with Crippen LogP contribution < -0.4 is 23.8 Å². The number of ether oxygens (including phenoxy) is 4. The Morgan fingerprint density at radius 3 is 2.82 bits per heavy atom. The molecule has 2 heterocycles. The molecule has 0 aliphatic carbocycles. The van der Waals surface area contributed by atoms with Crippen molar-refractivity contribution < 1.29 is 29.1 Å². The molecule has 7 heteroatoms. The fourth-order valence-corrected chi connectivity index (χ4v) is 4.18. The van der Waals surface area contributed by atoms with Crippen LogP contribution in [0.3, 0.4) is 0 Å². The third kappa shape index (κ3) is 3.01. The summed E-state index contributed by atoms with van der Waals surface area (Å²) in [5.74, 6) is 2.78. The van der Waals surface area contributed by atoms with Crippen molar-refractivity contribution >= 4 is 5.71 Å². The molecule has 0 radical (unpaired) electrons. The SMILES string of the molecule is COc1ccccc1/C(C[C@H]1c2c(cc3c(c2OC)OCO3)CC[NH+]1C)=N/O. The van der Waals surface area contributed by atoms with E-state index >= 15 is 0 Å². The largest absolute Gasteiger partial charge is 0.496 e. The minimum absolute atomic E-state index is 0.0454. The summed E-state index contributed by atoms with van der Waals surface area (Å²) in [6.45, 7) is 1.16. The Morgan fingerprint density at radius 1 is 1.25 bits per heavy atom. The molecule has 0 fully saturated rings. The average molecular weight is 385 g/mol. The lowest BCUT2D eigenvalue weighted by Crippen LogP contribution is -3.10. The second kappa shape index (κ2) is 7.59. The van der Waals surface area contributed by atoms with Crippen LogP contribution in [0, 0.1) is 0 Å². The summed E-state index contributed by atoms with van der Waals surface area (Å²) in [4.78, 5) is 1.32. The Bertz CT molecular complexity index is 912. The fraction of sp³-hybridized carbons (Fsp3) is 0.381. The molecule has 7 nitrogen and oxygen atoms in total. The average Bonchev–Trinajstić information content (AvgIpc) is 3.20. The second-order valence-corrected chi connectivity index (χ2v) is 7.07. The highest BCUT2D eigenvalue weighted by Gasteiger charge is 2.37. The molecule has 2 N–H and O–H groups in total. The molecule has 2 aromatic carbocycles. The molecule has 28 heavy (non-hydrogen) atoms. The Balaban J connectivity index is 1.77. The van der Waals surface area contributed by atoms with E-state index in [4.69, 9.17) is 18.9 Å². The Kier molecular flexibility index (Phi) is 5.00. The van der Waals surface area contributed by atoms with Crippen molar-refractivity contribution in [2.75, 3.05) is 34.6 Å². The van der Waals surface area contributed by atoms with Crippen molar-refractivity contribution in [3.8, 4) is 23.0 Å². The summed E-state index contributed by atoms with van der Waals surface area (Å²) >= 11 is 0. The Morgan fingerprint density at radius 2 is 2.07 bits per heavy atom. The van der Waals surface area contributed by atoms with Crippen LogP contribution in [0.25, 0.3) is 0 Å². The third-order valence-corrected chi connectivity index (χ3v) is 5.62. The second-order valence-electron chi connectivity index (χ2n) is 7.07. The van der Waals surface area contributed by atoms with Gasteiger partial charge in [0, 0.05) is 12.0 Å². The number of para-hydroxylation sites is 1. The van der Waals surface area contributed by atoms with E-state index in [0.717, 1.165) is 29.8 Å². The number of quaternary nitrogens is 1. The van der Waals surface area contributed by atoms with Gasteiger partial charge in [0.1, 0.15) is 11.8 Å². The van der Waals surface area contributed by atoms with E-state index in [1.165, 1.54) is 10.5 Å². The standard InChI is InChI=1S/C21H24N2O5/c1-23-9-8-13-10-18-20(28-12-27-18)21(26-3)19(13)16(23)11-15(22-24)14-6-4-5-7-17(14)25-2/h4-7,10,16,24H,8-9,11-12H2,1-3H3/p+1/b22-15+/t16-/m0/s1. The lowest BCUT2D eigenvalue weighted by molar-refractivity contribution is -0.913. The number of likely N-dealkylation sites (N-methyl/N-ethyl adjacent to an activating group) is 1. The number of hydrogen-bond acceptors (Lipinski definition) is 6. The number of rotatable bonds is 5. The Labute approximate surface area is 164 Å². The van der Waals surface area contributed by atoms with Gasteiger partial charge in [-0.25, -0.2) is 0 Å². The van der Waals surface area contributed by atoms with Gasteiger partial charge in [-0.15, -0.1) is 0 Å². The van der Waals surface area contributed by atoms with Crippen LogP contribution in [0.1, 0.15) is 29.2 Å². The highest BCUT2D eigenvalue weighted by atomic mass is 16.7. The lowest BCUT2D eigenvalue weighted by atomic mass is 9.87. The number of methoxy groups -OCH3 is 2. The smallest absolute Gasteiger partial charge is 0.231 e. The lowest BCUT2D eigenvalue weighted by Gasteiger charge is -2.33. The molecule has 0 spiro atoms. The monoisotopic (exact) mass is 385 g/mol. The molecular formula is C21H25N2O5+. The molecule has 2 aliphatic heterocycles. The normalized spacial score (nSPS) is 20.6. The zero-order valence-corrected chi connectivity index (χ0v) is 16.3. The highest BCUT2D eigenvalue weighted by molar-refractivity contribution is 6.02. The molecule has 2 aliphatic rings. The summed E-state index contributed by atoms with van der Waals surface area (Å²) in [5, 5.41) is 13.4. The minimum Gasteiger partial charge on any atom is -0.496 e. The van der Waals surface area contributed by atoms with Crippen LogP contribution in [-0.4, -0.2) is 45.5 Å². The molecular weight excluding hydrogens is 360 g/mol. The molecule has 2 aromatic rings. The van der Waals surface area contributed by atoms with Gasteiger partial charge in [0.15, 0.2) is 11.5 Å². The van der Waals surface area contributed by atoms with E-state index in [2.05, 4.69) is 18.3 Å². The molecule has 1 unspecified atom stereocenters. The summed E-state index contributed by atoms with van der Waals surface area (Å²) in [6, 6.07) is 9.68. The zero-order chi connectivity index (χ0) is 19.7. The van der Waals surface area contributed by atoms with E-state index in [0.29, 0.717) is 29.4 Å². The van der Waals surface area contributed by atoms with E-state index in [-0.39, 0.29) is 12.8 Å². The van der Waals surface area contributed by atoms with Crippen LogP contribution in [0.5, 0.6) is 23.0 Å². The number of nitrogens with zero attached hydrogens (tertiary/aromatic N) is 1. The molecule has 0 saturated heterocycles. The first-order valence-electron chi connectivity index (χ1n) is 9.33. The van der Waals surface area contributed by atoms with Gasteiger partial charge < -0.3 is 29.1 Å². The first-order valence-corrected chi connectivity index (χ1v) is 9.33. The number of oxime groups is 1. The van der Waals surface area contributed by atoms with Crippen LogP contribution in [0.4, 0.5) is 0 Å². The van der Waals surface area contributed by atoms with Crippen LogP contribution in [0.15, 0.2) is 35.5 Å². The number of benzene rings is 2. The first kappa shape index (κ1) is 18.4. The third-order valence-electron chi connectivity index (χ3n) is 5.62. The van der Waals surface area contributed by atoms with Crippen LogP contribution in [-0.2, 0) is 6.42 Å². The maximum absolute atomic E-state index is 9.79. The summed E-state index contributed by atoms with van der Waals surface area (Å²) < 4.78 is 22.5. The predicted molar refractivity (Wildman–Crippen MR) is 103 cm³/mol. The van der Waals surface area contributed by atoms with E-state index in [1.54, 1.807) is 14.2 Å². The van der Waals surface area contributed by atoms with Gasteiger partial charge >= 0.3 is 0 Å². The van der Waals surface area contributed by atoms with Crippen molar-refractivity contribution in [2.24, 2.45) is 5.16 Å². The van der Waals surface area contributed by atoms with Gasteiger partial charge in [-0.2, -0.15) is 0 Å². The molecule has 148 valence electrons. The molecule has 2 atom stereocenters. The predicted octanol–water partition coefficient (Wildman–Crippen LogP) is 1.81.